The van der Waals surface area contributed by atoms with E-state index in [1.807, 2.05) is 19.1 Å². The van der Waals surface area contributed by atoms with Crippen molar-refractivity contribution in [2.75, 3.05) is 46.5 Å². The van der Waals surface area contributed by atoms with Gasteiger partial charge in [-0.3, -0.25) is 0 Å². The number of ether oxygens (including phenoxy) is 2. The highest BCUT2D eigenvalue weighted by Crippen LogP contribution is 2.12. The molecule has 19 heavy (non-hydrogen) atoms. The summed E-state index contributed by atoms with van der Waals surface area (Å²) in [5.41, 5.74) is 6.77. The molecule has 4 heteroatoms. The van der Waals surface area contributed by atoms with Gasteiger partial charge < -0.3 is 20.1 Å². The zero-order valence-electron chi connectivity index (χ0n) is 12.1. The average molecular weight is 266 g/mol. The van der Waals surface area contributed by atoms with Crippen molar-refractivity contribution < 1.29 is 9.47 Å². The van der Waals surface area contributed by atoms with E-state index in [1.54, 1.807) is 0 Å². The Bertz CT molecular complexity index is 327. The van der Waals surface area contributed by atoms with E-state index in [4.69, 9.17) is 15.2 Å². The van der Waals surface area contributed by atoms with Gasteiger partial charge in [0.15, 0.2) is 0 Å². The number of nitrogens with two attached hydrogens (primary N) is 1. The molecule has 2 N–H and O–H groups in total. The van der Waals surface area contributed by atoms with E-state index in [-0.39, 0.29) is 0 Å². The maximum absolute atomic E-state index is 5.70. The van der Waals surface area contributed by atoms with Crippen molar-refractivity contribution in [2.24, 2.45) is 5.73 Å². The Hall–Kier alpha value is -1.10. The van der Waals surface area contributed by atoms with Crippen LogP contribution in [-0.2, 0) is 11.2 Å². The van der Waals surface area contributed by atoms with Crippen molar-refractivity contribution >= 4 is 0 Å². The number of rotatable bonds is 10. The second-order valence-electron chi connectivity index (χ2n) is 4.53. The first-order chi connectivity index (χ1) is 9.26. The fraction of sp³-hybridized carbons (Fsp3) is 0.600. The van der Waals surface area contributed by atoms with Crippen molar-refractivity contribution in [3.05, 3.63) is 29.8 Å². The van der Waals surface area contributed by atoms with Gasteiger partial charge in [0.2, 0.25) is 0 Å². The number of likely N-dealkylation sites (N-methyl/N-ethyl adjacent to an activating group) is 1. The maximum atomic E-state index is 5.70. The Balaban J connectivity index is 2.17. The normalized spacial score (nSPS) is 10.9. The number of nitrogens with zero attached hydrogens (tertiary/aromatic N) is 1. The average Bonchev–Trinajstić information content (AvgIpc) is 2.41. The van der Waals surface area contributed by atoms with Crippen molar-refractivity contribution in [3.8, 4) is 5.75 Å². The van der Waals surface area contributed by atoms with Crippen LogP contribution in [0.15, 0.2) is 24.3 Å². The van der Waals surface area contributed by atoms with Crippen molar-refractivity contribution in [3.63, 3.8) is 0 Å². The van der Waals surface area contributed by atoms with Crippen LogP contribution < -0.4 is 10.5 Å². The van der Waals surface area contributed by atoms with Gasteiger partial charge in [0, 0.05) is 19.7 Å². The molecule has 0 saturated carbocycles. The lowest BCUT2D eigenvalue weighted by Crippen LogP contribution is -2.27. The highest BCUT2D eigenvalue weighted by molar-refractivity contribution is 5.27. The summed E-state index contributed by atoms with van der Waals surface area (Å²) in [5.74, 6) is 0.916. The van der Waals surface area contributed by atoms with Crippen molar-refractivity contribution in [2.45, 2.75) is 13.3 Å². The topological polar surface area (TPSA) is 47.7 Å². The molecule has 0 amide bonds. The first-order valence-electron chi connectivity index (χ1n) is 6.94. The molecule has 0 aliphatic heterocycles. The number of hydrogen-bond donors (Lipinski definition) is 1. The molecular weight excluding hydrogens is 240 g/mol. The van der Waals surface area contributed by atoms with Gasteiger partial charge in [0.1, 0.15) is 12.4 Å². The van der Waals surface area contributed by atoms with E-state index < -0.39 is 0 Å². The minimum absolute atomic E-state index is 0.685. The summed E-state index contributed by atoms with van der Waals surface area (Å²) in [5, 5.41) is 0. The second kappa shape index (κ2) is 9.78. The summed E-state index contributed by atoms with van der Waals surface area (Å²) >= 11 is 0. The van der Waals surface area contributed by atoms with Crippen LogP contribution in [-0.4, -0.2) is 51.4 Å². The number of hydrogen-bond acceptors (Lipinski definition) is 4. The van der Waals surface area contributed by atoms with Crippen molar-refractivity contribution in [1.29, 1.82) is 0 Å². The first kappa shape index (κ1) is 16.0. The molecule has 0 saturated heterocycles. The van der Waals surface area contributed by atoms with Crippen LogP contribution in [0, 0.1) is 0 Å². The Kier molecular flexibility index (Phi) is 8.21. The second-order valence-corrected chi connectivity index (χ2v) is 4.53. The molecule has 0 atom stereocenters. The third kappa shape index (κ3) is 7.15. The van der Waals surface area contributed by atoms with Gasteiger partial charge in [-0.2, -0.15) is 0 Å². The molecule has 0 heterocycles. The lowest BCUT2D eigenvalue weighted by Gasteiger charge is -2.16. The Morgan fingerprint density at radius 3 is 2.42 bits per heavy atom. The molecule has 0 fully saturated rings. The van der Waals surface area contributed by atoms with Gasteiger partial charge in [-0.1, -0.05) is 12.1 Å². The molecule has 1 aromatic carbocycles. The summed E-state index contributed by atoms with van der Waals surface area (Å²) in [4.78, 5) is 2.21. The Labute approximate surface area is 116 Å². The lowest BCUT2D eigenvalue weighted by atomic mass is 10.1. The van der Waals surface area contributed by atoms with E-state index in [1.165, 1.54) is 5.56 Å². The van der Waals surface area contributed by atoms with Gasteiger partial charge in [-0.05, 0) is 44.6 Å². The third-order valence-electron chi connectivity index (χ3n) is 2.92. The van der Waals surface area contributed by atoms with Gasteiger partial charge in [0.25, 0.3) is 0 Å². The minimum Gasteiger partial charge on any atom is -0.492 e. The SMILES string of the molecule is CCOCCN(C)CCOc1ccc(CCN)cc1. The molecule has 0 aromatic heterocycles. The van der Waals surface area contributed by atoms with Gasteiger partial charge in [-0.15, -0.1) is 0 Å². The predicted molar refractivity (Wildman–Crippen MR) is 78.7 cm³/mol. The minimum atomic E-state index is 0.685. The predicted octanol–water partition coefficient (Wildman–Crippen LogP) is 1.53. The molecule has 1 rings (SSSR count). The van der Waals surface area contributed by atoms with Gasteiger partial charge in [-0.25, -0.2) is 0 Å². The van der Waals surface area contributed by atoms with E-state index in [0.717, 1.165) is 38.5 Å². The summed E-state index contributed by atoms with van der Waals surface area (Å²) in [6.45, 7) is 6.78. The largest absolute Gasteiger partial charge is 0.492 e. The quantitative estimate of drug-likeness (QED) is 0.653. The fourth-order valence-corrected chi connectivity index (χ4v) is 1.71. The molecule has 0 bridgehead atoms. The summed E-state index contributed by atoms with van der Waals surface area (Å²) < 4.78 is 11.0. The Morgan fingerprint density at radius 1 is 1.11 bits per heavy atom. The molecule has 1 aromatic rings. The fourth-order valence-electron chi connectivity index (χ4n) is 1.71. The zero-order valence-corrected chi connectivity index (χ0v) is 12.1. The first-order valence-corrected chi connectivity index (χ1v) is 6.94. The summed E-state index contributed by atoms with van der Waals surface area (Å²) in [6, 6.07) is 8.15. The smallest absolute Gasteiger partial charge is 0.119 e. The van der Waals surface area contributed by atoms with E-state index >= 15 is 0 Å². The molecule has 4 nitrogen and oxygen atoms in total. The van der Waals surface area contributed by atoms with Gasteiger partial charge >= 0.3 is 0 Å². The Morgan fingerprint density at radius 2 is 1.79 bits per heavy atom. The molecule has 108 valence electrons. The molecular formula is C15H26N2O2. The molecule has 0 radical (unpaired) electrons. The third-order valence-corrected chi connectivity index (χ3v) is 2.92. The summed E-state index contributed by atoms with van der Waals surface area (Å²) in [6.07, 6.45) is 0.917. The standard InChI is InChI=1S/C15H26N2O2/c1-3-18-12-10-17(2)11-13-19-15-6-4-14(5-7-15)8-9-16/h4-7H,3,8-13,16H2,1-2H3. The monoisotopic (exact) mass is 266 g/mol. The van der Waals surface area contributed by atoms with Crippen LogP contribution in [0.25, 0.3) is 0 Å². The van der Waals surface area contributed by atoms with E-state index in [0.29, 0.717) is 13.2 Å². The van der Waals surface area contributed by atoms with Crippen LogP contribution in [0.3, 0.4) is 0 Å². The van der Waals surface area contributed by atoms with E-state index in [2.05, 4.69) is 24.1 Å². The highest BCUT2D eigenvalue weighted by atomic mass is 16.5. The van der Waals surface area contributed by atoms with Crippen LogP contribution in [0.2, 0.25) is 0 Å². The molecule has 0 unspecified atom stereocenters. The number of benzene rings is 1. The molecule has 0 spiro atoms. The van der Waals surface area contributed by atoms with Crippen molar-refractivity contribution in [1.82, 2.24) is 4.90 Å². The highest BCUT2D eigenvalue weighted by Gasteiger charge is 1.99. The maximum Gasteiger partial charge on any atom is 0.119 e. The zero-order chi connectivity index (χ0) is 13.9. The molecule has 0 aliphatic carbocycles. The van der Waals surface area contributed by atoms with Crippen LogP contribution in [0.5, 0.6) is 5.75 Å². The van der Waals surface area contributed by atoms with E-state index in [9.17, 15) is 0 Å². The van der Waals surface area contributed by atoms with Gasteiger partial charge in [0.05, 0.1) is 6.61 Å². The van der Waals surface area contributed by atoms with Crippen LogP contribution in [0.1, 0.15) is 12.5 Å². The van der Waals surface area contributed by atoms with Crippen LogP contribution >= 0.6 is 0 Å². The molecule has 0 aliphatic rings. The lowest BCUT2D eigenvalue weighted by molar-refractivity contribution is 0.116. The van der Waals surface area contributed by atoms with Crippen LogP contribution in [0.4, 0.5) is 0 Å². The summed E-state index contributed by atoms with van der Waals surface area (Å²) in [7, 11) is 2.08.